The number of aliphatic hydroxyl groups is 1. The fraction of sp³-hybridized carbons (Fsp3) is 0.625. The van der Waals surface area contributed by atoms with Crippen LogP contribution in [0.25, 0.3) is 0 Å². The van der Waals surface area contributed by atoms with E-state index in [2.05, 4.69) is 32.0 Å². The van der Waals surface area contributed by atoms with Crippen LogP contribution in [0.2, 0.25) is 0 Å². The lowest BCUT2D eigenvalue weighted by molar-refractivity contribution is -0.0220. The van der Waals surface area contributed by atoms with Crippen molar-refractivity contribution in [3.05, 3.63) is 34.9 Å². The average Bonchev–Trinajstić information content (AvgIpc) is 2.33. The van der Waals surface area contributed by atoms with Crippen LogP contribution in [-0.4, -0.2) is 5.11 Å². The normalized spacial score (nSPS) is 21.2. The van der Waals surface area contributed by atoms with Crippen LogP contribution < -0.4 is 0 Å². The first kappa shape index (κ1) is 12.6. The molecule has 1 aliphatic carbocycles. The molecule has 0 aromatic heterocycles. The van der Waals surface area contributed by atoms with Gasteiger partial charge in [-0.25, -0.2) is 0 Å². The van der Waals surface area contributed by atoms with Gasteiger partial charge in [-0.05, 0) is 56.2 Å². The summed E-state index contributed by atoms with van der Waals surface area (Å²) in [7, 11) is 0. The Balaban J connectivity index is 2.32. The van der Waals surface area contributed by atoms with Crippen LogP contribution in [0.3, 0.4) is 0 Å². The molecule has 0 amide bonds. The second-order valence-corrected chi connectivity index (χ2v) is 5.73. The topological polar surface area (TPSA) is 20.2 Å². The van der Waals surface area contributed by atoms with Crippen LogP contribution in [-0.2, 0) is 5.60 Å². The van der Waals surface area contributed by atoms with E-state index in [0.717, 1.165) is 5.56 Å². The maximum Gasteiger partial charge on any atom is 0.0899 e. The van der Waals surface area contributed by atoms with Crippen molar-refractivity contribution >= 4 is 0 Å². The van der Waals surface area contributed by atoms with Gasteiger partial charge < -0.3 is 5.11 Å². The van der Waals surface area contributed by atoms with E-state index in [1.165, 1.54) is 43.2 Å². The Morgan fingerprint density at radius 3 is 2.41 bits per heavy atom. The number of hydrogen-bond acceptors (Lipinski definition) is 1. The SMILES string of the molecule is Cc1cccc(C(C)(O)C2CCCCC2)c1C. The van der Waals surface area contributed by atoms with Gasteiger partial charge >= 0.3 is 0 Å². The molecule has 1 atom stereocenters. The molecule has 0 saturated heterocycles. The van der Waals surface area contributed by atoms with E-state index in [-0.39, 0.29) is 0 Å². The molecule has 0 bridgehead atoms. The van der Waals surface area contributed by atoms with Gasteiger partial charge in [0.2, 0.25) is 0 Å². The lowest BCUT2D eigenvalue weighted by Gasteiger charge is -2.37. The van der Waals surface area contributed by atoms with Gasteiger partial charge in [0.1, 0.15) is 0 Å². The lowest BCUT2D eigenvalue weighted by atomic mass is 9.73. The van der Waals surface area contributed by atoms with Crippen molar-refractivity contribution in [1.82, 2.24) is 0 Å². The molecular weight excluding hydrogens is 208 g/mol. The van der Waals surface area contributed by atoms with Gasteiger partial charge in [-0.2, -0.15) is 0 Å². The molecule has 1 heteroatoms. The molecule has 1 nitrogen and oxygen atoms in total. The zero-order valence-corrected chi connectivity index (χ0v) is 11.3. The highest BCUT2D eigenvalue weighted by molar-refractivity contribution is 5.37. The first-order valence-corrected chi connectivity index (χ1v) is 6.82. The number of rotatable bonds is 2. The quantitative estimate of drug-likeness (QED) is 0.814. The Morgan fingerprint density at radius 2 is 1.76 bits per heavy atom. The molecule has 2 rings (SSSR count). The molecule has 0 radical (unpaired) electrons. The Kier molecular flexibility index (Phi) is 3.58. The predicted octanol–water partition coefficient (Wildman–Crippen LogP) is 4.09. The van der Waals surface area contributed by atoms with E-state index < -0.39 is 5.60 Å². The fourth-order valence-corrected chi connectivity index (χ4v) is 3.18. The summed E-state index contributed by atoms with van der Waals surface area (Å²) in [6.45, 7) is 6.25. The van der Waals surface area contributed by atoms with E-state index in [0.29, 0.717) is 5.92 Å². The van der Waals surface area contributed by atoms with Crippen molar-refractivity contribution in [2.24, 2.45) is 5.92 Å². The molecule has 94 valence electrons. The van der Waals surface area contributed by atoms with Gasteiger partial charge in [0.25, 0.3) is 0 Å². The van der Waals surface area contributed by atoms with E-state index in [9.17, 15) is 5.11 Å². The number of benzene rings is 1. The van der Waals surface area contributed by atoms with Crippen molar-refractivity contribution in [2.45, 2.75) is 58.5 Å². The lowest BCUT2D eigenvalue weighted by Crippen LogP contribution is -2.34. The van der Waals surface area contributed by atoms with Gasteiger partial charge in [-0.15, -0.1) is 0 Å². The molecule has 0 aliphatic heterocycles. The summed E-state index contributed by atoms with van der Waals surface area (Å²) in [6, 6.07) is 6.28. The highest BCUT2D eigenvalue weighted by Gasteiger charge is 2.35. The smallest absolute Gasteiger partial charge is 0.0899 e. The summed E-state index contributed by atoms with van der Waals surface area (Å²) in [4.78, 5) is 0. The zero-order valence-electron chi connectivity index (χ0n) is 11.3. The minimum atomic E-state index is -0.656. The maximum absolute atomic E-state index is 10.9. The molecule has 0 heterocycles. The third kappa shape index (κ3) is 2.40. The maximum atomic E-state index is 10.9. The second-order valence-electron chi connectivity index (χ2n) is 5.73. The molecule has 0 spiro atoms. The standard InChI is InChI=1S/C16H24O/c1-12-8-7-11-15(13(12)2)16(3,17)14-9-5-4-6-10-14/h7-8,11,14,17H,4-6,9-10H2,1-3H3. The van der Waals surface area contributed by atoms with E-state index in [1.807, 2.05) is 6.92 Å². The van der Waals surface area contributed by atoms with Crippen molar-refractivity contribution in [3.8, 4) is 0 Å². The van der Waals surface area contributed by atoms with Crippen molar-refractivity contribution in [3.63, 3.8) is 0 Å². The highest BCUT2D eigenvalue weighted by atomic mass is 16.3. The first-order valence-electron chi connectivity index (χ1n) is 6.82. The van der Waals surface area contributed by atoms with Gasteiger partial charge in [-0.1, -0.05) is 37.5 Å². The van der Waals surface area contributed by atoms with Crippen LogP contribution in [0.4, 0.5) is 0 Å². The van der Waals surface area contributed by atoms with Crippen LogP contribution in [0.1, 0.15) is 55.7 Å². The molecule has 1 saturated carbocycles. The molecule has 17 heavy (non-hydrogen) atoms. The average molecular weight is 232 g/mol. The molecular formula is C16H24O. The monoisotopic (exact) mass is 232 g/mol. The minimum Gasteiger partial charge on any atom is -0.385 e. The van der Waals surface area contributed by atoms with Gasteiger partial charge in [0.15, 0.2) is 0 Å². The van der Waals surface area contributed by atoms with Crippen LogP contribution in [0.15, 0.2) is 18.2 Å². The van der Waals surface area contributed by atoms with Gasteiger partial charge in [-0.3, -0.25) is 0 Å². The Labute approximate surface area is 105 Å². The Morgan fingerprint density at radius 1 is 1.12 bits per heavy atom. The number of aryl methyl sites for hydroxylation is 1. The molecule has 1 fully saturated rings. The van der Waals surface area contributed by atoms with Crippen LogP contribution in [0, 0.1) is 19.8 Å². The molecule has 1 unspecified atom stereocenters. The van der Waals surface area contributed by atoms with Crippen molar-refractivity contribution in [1.29, 1.82) is 0 Å². The molecule has 1 aliphatic rings. The van der Waals surface area contributed by atoms with Crippen LogP contribution >= 0.6 is 0 Å². The first-order chi connectivity index (χ1) is 8.03. The Hall–Kier alpha value is -0.820. The van der Waals surface area contributed by atoms with Crippen LogP contribution in [0.5, 0.6) is 0 Å². The summed E-state index contributed by atoms with van der Waals surface area (Å²) >= 11 is 0. The number of hydrogen-bond donors (Lipinski definition) is 1. The summed E-state index contributed by atoms with van der Waals surface area (Å²) < 4.78 is 0. The van der Waals surface area contributed by atoms with Gasteiger partial charge in [0.05, 0.1) is 5.60 Å². The molecule has 1 aromatic rings. The van der Waals surface area contributed by atoms with E-state index in [4.69, 9.17) is 0 Å². The van der Waals surface area contributed by atoms with E-state index >= 15 is 0 Å². The van der Waals surface area contributed by atoms with Crippen molar-refractivity contribution < 1.29 is 5.11 Å². The zero-order chi connectivity index (χ0) is 12.5. The Bertz CT molecular complexity index is 387. The summed E-state index contributed by atoms with van der Waals surface area (Å²) in [6.07, 6.45) is 6.21. The second kappa shape index (κ2) is 4.81. The van der Waals surface area contributed by atoms with Crippen molar-refractivity contribution in [2.75, 3.05) is 0 Å². The third-order valence-corrected chi connectivity index (χ3v) is 4.55. The third-order valence-electron chi connectivity index (χ3n) is 4.55. The summed E-state index contributed by atoms with van der Waals surface area (Å²) in [5.74, 6) is 0.428. The molecule has 1 N–H and O–H groups in total. The highest BCUT2D eigenvalue weighted by Crippen LogP contribution is 2.40. The van der Waals surface area contributed by atoms with E-state index in [1.54, 1.807) is 0 Å². The molecule has 1 aromatic carbocycles. The fourth-order valence-electron chi connectivity index (χ4n) is 3.18. The van der Waals surface area contributed by atoms with Gasteiger partial charge in [0, 0.05) is 0 Å². The summed E-state index contributed by atoms with van der Waals surface area (Å²) in [5.41, 5.74) is 3.00. The predicted molar refractivity (Wildman–Crippen MR) is 72.1 cm³/mol. The summed E-state index contributed by atoms with van der Waals surface area (Å²) in [5, 5.41) is 10.9. The minimum absolute atomic E-state index is 0.428. The largest absolute Gasteiger partial charge is 0.385 e.